The molecule has 0 aliphatic heterocycles. The molecule has 0 amide bonds. The van der Waals surface area contributed by atoms with E-state index < -0.39 is 0 Å². The molecule has 0 atom stereocenters. The van der Waals surface area contributed by atoms with Crippen LogP contribution in [0.5, 0.6) is 0 Å². The molecule has 19 heavy (non-hydrogen) atoms. The van der Waals surface area contributed by atoms with Crippen LogP contribution in [0.3, 0.4) is 0 Å². The number of nitrogens with zero attached hydrogens (tertiary/aromatic N) is 2. The number of rotatable bonds is 5. The summed E-state index contributed by atoms with van der Waals surface area (Å²) in [5.41, 5.74) is 9.86. The van der Waals surface area contributed by atoms with Gasteiger partial charge in [0, 0.05) is 30.4 Å². The van der Waals surface area contributed by atoms with Crippen molar-refractivity contribution in [1.29, 1.82) is 0 Å². The quantitative estimate of drug-likeness (QED) is 0.886. The maximum Gasteiger partial charge on any atom is 0.133 e. The van der Waals surface area contributed by atoms with Crippen LogP contribution in [-0.2, 0) is 19.4 Å². The van der Waals surface area contributed by atoms with Crippen LogP contribution in [0.1, 0.15) is 50.9 Å². The van der Waals surface area contributed by atoms with Crippen molar-refractivity contribution in [3.63, 3.8) is 0 Å². The normalized spacial score (nSPS) is 14.3. The standard InChI is InChI=1S/C16H27N3/c1-11(2)10-19(12(3)4)16-14(9-17)8-13-6-5-7-15(13)18-16/h8,11-12H,5-7,9-10,17H2,1-4H3. The van der Waals surface area contributed by atoms with Crippen LogP contribution in [0.25, 0.3) is 0 Å². The fourth-order valence-corrected chi connectivity index (χ4v) is 2.84. The third kappa shape index (κ3) is 3.08. The molecular formula is C16H27N3. The Balaban J connectivity index is 2.40. The smallest absolute Gasteiger partial charge is 0.133 e. The number of pyridine rings is 1. The first-order valence-electron chi connectivity index (χ1n) is 7.51. The Labute approximate surface area is 117 Å². The monoisotopic (exact) mass is 261 g/mol. The van der Waals surface area contributed by atoms with Crippen LogP contribution in [0.15, 0.2) is 6.07 Å². The van der Waals surface area contributed by atoms with Crippen LogP contribution < -0.4 is 10.6 Å². The summed E-state index contributed by atoms with van der Waals surface area (Å²) in [6.07, 6.45) is 3.53. The minimum atomic E-state index is 0.458. The molecule has 0 radical (unpaired) electrons. The molecule has 1 aliphatic carbocycles. The zero-order valence-electron chi connectivity index (χ0n) is 12.7. The third-order valence-electron chi connectivity index (χ3n) is 3.78. The Morgan fingerprint density at radius 3 is 2.58 bits per heavy atom. The number of aromatic nitrogens is 1. The summed E-state index contributed by atoms with van der Waals surface area (Å²) >= 11 is 0. The molecule has 0 saturated carbocycles. The van der Waals surface area contributed by atoms with Crippen molar-refractivity contribution in [2.75, 3.05) is 11.4 Å². The maximum absolute atomic E-state index is 5.95. The Morgan fingerprint density at radius 2 is 2.00 bits per heavy atom. The van der Waals surface area contributed by atoms with Crippen LogP contribution in [0, 0.1) is 5.92 Å². The first-order chi connectivity index (χ1) is 9.02. The molecule has 106 valence electrons. The SMILES string of the molecule is CC(C)CN(c1nc2c(cc1CN)CCC2)C(C)C. The summed E-state index contributed by atoms with van der Waals surface area (Å²) in [6.45, 7) is 10.6. The van der Waals surface area contributed by atoms with Crippen molar-refractivity contribution in [2.24, 2.45) is 11.7 Å². The van der Waals surface area contributed by atoms with E-state index in [0.717, 1.165) is 18.8 Å². The zero-order chi connectivity index (χ0) is 14.0. The van der Waals surface area contributed by atoms with E-state index in [0.29, 0.717) is 18.5 Å². The Kier molecular flexibility index (Phi) is 4.46. The van der Waals surface area contributed by atoms with E-state index in [1.807, 2.05) is 0 Å². The van der Waals surface area contributed by atoms with Gasteiger partial charge < -0.3 is 10.6 Å². The fraction of sp³-hybridized carbons (Fsp3) is 0.688. The van der Waals surface area contributed by atoms with Crippen LogP contribution in [0.4, 0.5) is 5.82 Å². The van der Waals surface area contributed by atoms with E-state index >= 15 is 0 Å². The second-order valence-corrected chi connectivity index (χ2v) is 6.27. The van der Waals surface area contributed by atoms with Crippen LogP contribution in [0.2, 0.25) is 0 Å². The molecule has 2 N–H and O–H groups in total. The van der Waals surface area contributed by atoms with Gasteiger partial charge in [-0.2, -0.15) is 0 Å². The number of anilines is 1. The van der Waals surface area contributed by atoms with Gasteiger partial charge >= 0.3 is 0 Å². The van der Waals surface area contributed by atoms with Crippen LogP contribution >= 0.6 is 0 Å². The largest absolute Gasteiger partial charge is 0.354 e. The zero-order valence-corrected chi connectivity index (χ0v) is 12.7. The lowest BCUT2D eigenvalue weighted by molar-refractivity contribution is 0.563. The lowest BCUT2D eigenvalue weighted by atomic mass is 10.1. The Morgan fingerprint density at radius 1 is 1.26 bits per heavy atom. The van der Waals surface area contributed by atoms with Gasteiger partial charge in [-0.1, -0.05) is 13.8 Å². The number of hydrogen-bond acceptors (Lipinski definition) is 3. The van der Waals surface area contributed by atoms with Gasteiger partial charge in [0.25, 0.3) is 0 Å². The highest BCUT2D eigenvalue weighted by Gasteiger charge is 2.21. The van der Waals surface area contributed by atoms with E-state index in [-0.39, 0.29) is 0 Å². The molecule has 1 aromatic heterocycles. The number of fused-ring (bicyclic) bond motifs is 1. The summed E-state index contributed by atoms with van der Waals surface area (Å²) in [6, 6.07) is 2.75. The van der Waals surface area contributed by atoms with Gasteiger partial charge in [-0.15, -0.1) is 0 Å². The van der Waals surface area contributed by atoms with E-state index in [9.17, 15) is 0 Å². The number of hydrogen-bond donors (Lipinski definition) is 1. The van der Waals surface area contributed by atoms with Gasteiger partial charge in [-0.3, -0.25) is 0 Å². The van der Waals surface area contributed by atoms with Crippen molar-refractivity contribution in [1.82, 2.24) is 4.98 Å². The topological polar surface area (TPSA) is 42.2 Å². The molecule has 0 spiro atoms. The lowest BCUT2D eigenvalue weighted by Crippen LogP contribution is -2.36. The molecule has 1 aromatic rings. The minimum absolute atomic E-state index is 0.458. The predicted octanol–water partition coefficient (Wildman–Crippen LogP) is 2.90. The molecule has 2 rings (SSSR count). The van der Waals surface area contributed by atoms with Crippen molar-refractivity contribution in [3.8, 4) is 0 Å². The first-order valence-corrected chi connectivity index (χ1v) is 7.51. The van der Waals surface area contributed by atoms with E-state index in [2.05, 4.69) is 38.7 Å². The number of nitrogens with two attached hydrogens (primary N) is 1. The highest BCUT2D eigenvalue weighted by Crippen LogP contribution is 2.28. The summed E-state index contributed by atoms with van der Waals surface area (Å²) in [5, 5.41) is 0. The van der Waals surface area contributed by atoms with Gasteiger partial charge in [-0.25, -0.2) is 4.98 Å². The van der Waals surface area contributed by atoms with Gasteiger partial charge in [0.1, 0.15) is 5.82 Å². The van der Waals surface area contributed by atoms with Crippen molar-refractivity contribution in [3.05, 3.63) is 22.9 Å². The molecule has 3 nitrogen and oxygen atoms in total. The van der Waals surface area contributed by atoms with Gasteiger partial charge in [0.2, 0.25) is 0 Å². The van der Waals surface area contributed by atoms with Gasteiger partial charge in [0.15, 0.2) is 0 Å². The molecule has 3 heteroatoms. The second kappa shape index (κ2) is 5.91. The molecule has 0 fully saturated rings. The summed E-state index contributed by atoms with van der Waals surface area (Å²) in [4.78, 5) is 7.35. The van der Waals surface area contributed by atoms with Gasteiger partial charge in [-0.05, 0) is 50.7 Å². The molecule has 0 unspecified atom stereocenters. The molecular weight excluding hydrogens is 234 g/mol. The first kappa shape index (κ1) is 14.3. The van der Waals surface area contributed by atoms with E-state index in [1.54, 1.807) is 0 Å². The fourth-order valence-electron chi connectivity index (χ4n) is 2.84. The summed E-state index contributed by atoms with van der Waals surface area (Å²) in [5.74, 6) is 1.75. The average molecular weight is 261 g/mol. The Bertz CT molecular complexity index is 438. The molecule has 0 saturated heterocycles. The summed E-state index contributed by atoms with van der Waals surface area (Å²) < 4.78 is 0. The van der Waals surface area contributed by atoms with Crippen LogP contribution in [-0.4, -0.2) is 17.6 Å². The predicted molar refractivity (Wildman–Crippen MR) is 81.5 cm³/mol. The highest BCUT2D eigenvalue weighted by molar-refractivity contribution is 5.51. The van der Waals surface area contributed by atoms with Gasteiger partial charge in [0.05, 0.1) is 0 Å². The molecule has 0 aromatic carbocycles. The van der Waals surface area contributed by atoms with Crippen molar-refractivity contribution >= 4 is 5.82 Å². The second-order valence-electron chi connectivity index (χ2n) is 6.27. The minimum Gasteiger partial charge on any atom is -0.354 e. The highest BCUT2D eigenvalue weighted by atomic mass is 15.2. The lowest BCUT2D eigenvalue weighted by Gasteiger charge is -2.31. The van der Waals surface area contributed by atoms with E-state index in [1.165, 1.54) is 29.7 Å². The van der Waals surface area contributed by atoms with E-state index in [4.69, 9.17) is 10.7 Å². The average Bonchev–Trinajstić information content (AvgIpc) is 2.80. The molecule has 1 heterocycles. The molecule has 1 aliphatic rings. The maximum atomic E-state index is 5.95. The van der Waals surface area contributed by atoms with Crippen molar-refractivity contribution in [2.45, 2.75) is 59.5 Å². The Hall–Kier alpha value is -1.09. The third-order valence-corrected chi connectivity index (χ3v) is 3.78. The summed E-state index contributed by atoms with van der Waals surface area (Å²) in [7, 11) is 0. The van der Waals surface area contributed by atoms with Crippen molar-refractivity contribution < 1.29 is 0 Å². The molecule has 0 bridgehead atoms. The number of aryl methyl sites for hydroxylation is 2.